The molecule has 1 N–H and O–H groups in total. The normalized spacial score (nSPS) is 11.8. The average molecular weight is 642 g/mol. The van der Waals surface area contributed by atoms with Crippen LogP contribution >= 0.6 is 0 Å². The summed E-state index contributed by atoms with van der Waals surface area (Å²) in [4.78, 5) is 29.9. The minimum absolute atomic E-state index is 0.0618. The van der Waals surface area contributed by atoms with E-state index < -0.39 is 28.5 Å². The smallest absolute Gasteiger partial charge is 0.264 e. The summed E-state index contributed by atoms with van der Waals surface area (Å²) in [6.45, 7) is 8.20. The number of aryl methyl sites for hydroxylation is 2. The highest BCUT2D eigenvalue weighted by Gasteiger charge is 2.34. The van der Waals surface area contributed by atoms with Crippen LogP contribution in [0.4, 0.5) is 5.69 Å². The second-order valence-corrected chi connectivity index (χ2v) is 13.1. The van der Waals surface area contributed by atoms with Gasteiger partial charge in [-0.05, 0) is 80.3 Å². The first kappa shape index (κ1) is 34.2. The van der Waals surface area contributed by atoms with Crippen LogP contribution in [0.5, 0.6) is 5.75 Å². The van der Waals surface area contributed by atoms with E-state index in [1.54, 1.807) is 36.4 Å². The van der Waals surface area contributed by atoms with Crippen molar-refractivity contribution >= 4 is 27.5 Å². The Morgan fingerprint density at radius 2 is 1.48 bits per heavy atom. The zero-order chi connectivity index (χ0) is 33.1. The molecule has 0 aliphatic heterocycles. The predicted octanol–water partition coefficient (Wildman–Crippen LogP) is 6.06. The van der Waals surface area contributed by atoms with Gasteiger partial charge in [-0.1, -0.05) is 79.2 Å². The van der Waals surface area contributed by atoms with Crippen molar-refractivity contribution < 1.29 is 22.7 Å². The van der Waals surface area contributed by atoms with Crippen LogP contribution in [0.15, 0.2) is 108 Å². The van der Waals surface area contributed by atoms with Gasteiger partial charge in [-0.2, -0.15) is 0 Å². The van der Waals surface area contributed by atoms with E-state index in [0.29, 0.717) is 24.6 Å². The van der Waals surface area contributed by atoms with Gasteiger partial charge in [0.2, 0.25) is 11.8 Å². The van der Waals surface area contributed by atoms with Crippen LogP contribution in [0.1, 0.15) is 42.5 Å². The third-order valence-corrected chi connectivity index (χ3v) is 9.53. The molecule has 0 saturated carbocycles. The zero-order valence-corrected chi connectivity index (χ0v) is 27.8. The maximum Gasteiger partial charge on any atom is 0.264 e. The highest BCUT2D eigenvalue weighted by molar-refractivity contribution is 7.92. The van der Waals surface area contributed by atoms with E-state index >= 15 is 0 Å². The molecule has 0 aliphatic rings. The minimum Gasteiger partial charge on any atom is -0.494 e. The second kappa shape index (κ2) is 16.1. The lowest BCUT2D eigenvalue weighted by Gasteiger charge is -2.34. The zero-order valence-electron chi connectivity index (χ0n) is 27.0. The summed E-state index contributed by atoms with van der Waals surface area (Å²) in [6, 6.07) is 29.5. The summed E-state index contributed by atoms with van der Waals surface area (Å²) in [5.74, 6) is -0.205. The summed E-state index contributed by atoms with van der Waals surface area (Å²) in [5, 5.41) is 2.97. The average Bonchev–Trinajstić information content (AvgIpc) is 3.06. The number of ether oxygens (including phenoxy) is 1. The fraction of sp³-hybridized carbons (Fsp3) is 0.297. The molecule has 0 bridgehead atoms. The van der Waals surface area contributed by atoms with Crippen LogP contribution in [-0.2, 0) is 32.6 Å². The first-order valence-electron chi connectivity index (χ1n) is 15.6. The molecule has 0 spiro atoms. The molecule has 0 fully saturated rings. The maximum absolute atomic E-state index is 14.6. The first-order chi connectivity index (χ1) is 22.1. The van der Waals surface area contributed by atoms with Gasteiger partial charge in [0.25, 0.3) is 10.0 Å². The van der Waals surface area contributed by atoms with E-state index in [1.807, 2.05) is 82.3 Å². The summed E-state index contributed by atoms with van der Waals surface area (Å²) in [5.41, 5.74) is 3.93. The number of benzene rings is 4. The highest BCUT2D eigenvalue weighted by Crippen LogP contribution is 2.27. The van der Waals surface area contributed by atoms with Gasteiger partial charge in [-0.25, -0.2) is 8.42 Å². The lowest BCUT2D eigenvalue weighted by molar-refractivity contribution is -0.140. The predicted molar refractivity (Wildman–Crippen MR) is 182 cm³/mol. The molecule has 242 valence electrons. The van der Waals surface area contributed by atoms with Crippen molar-refractivity contribution in [1.82, 2.24) is 10.2 Å². The number of hydrogen-bond acceptors (Lipinski definition) is 5. The standard InChI is InChI=1S/C37H43N3O5S/c1-5-24-38-37(42)35(25-30-13-8-7-9-14-30)39(26-31-15-11-10-12-29(31)4)36(41)27-40(32-18-20-33(21-19-32)45-6-2)46(43,44)34-22-16-28(3)17-23-34/h7-23,35H,5-6,24-27H2,1-4H3,(H,38,42)/t35-/m1/s1. The molecule has 9 heteroatoms. The van der Waals surface area contributed by atoms with Crippen molar-refractivity contribution in [3.63, 3.8) is 0 Å². The van der Waals surface area contributed by atoms with E-state index in [9.17, 15) is 18.0 Å². The maximum atomic E-state index is 14.6. The fourth-order valence-electron chi connectivity index (χ4n) is 5.13. The van der Waals surface area contributed by atoms with Crippen LogP contribution in [0.3, 0.4) is 0 Å². The number of sulfonamides is 1. The monoisotopic (exact) mass is 641 g/mol. The molecule has 0 saturated heterocycles. The van der Waals surface area contributed by atoms with Crippen molar-refractivity contribution in [3.05, 3.63) is 125 Å². The van der Waals surface area contributed by atoms with Crippen molar-refractivity contribution in [3.8, 4) is 5.75 Å². The molecule has 4 aromatic carbocycles. The number of carbonyl (C=O) groups is 2. The number of amides is 2. The molecular weight excluding hydrogens is 598 g/mol. The molecule has 0 aromatic heterocycles. The minimum atomic E-state index is -4.18. The van der Waals surface area contributed by atoms with E-state index in [1.165, 1.54) is 17.0 Å². The van der Waals surface area contributed by atoms with Gasteiger partial charge in [0.1, 0.15) is 18.3 Å². The Morgan fingerprint density at radius 3 is 2.11 bits per heavy atom. The molecule has 8 nitrogen and oxygen atoms in total. The number of carbonyl (C=O) groups excluding carboxylic acids is 2. The number of anilines is 1. The lowest BCUT2D eigenvalue weighted by Crippen LogP contribution is -2.53. The largest absolute Gasteiger partial charge is 0.494 e. The second-order valence-electron chi connectivity index (χ2n) is 11.2. The lowest BCUT2D eigenvalue weighted by atomic mass is 10.0. The molecule has 4 aromatic rings. The molecule has 0 unspecified atom stereocenters. The molecule has 4 rings (SSSR count). The van der Waals surface area contributed by atoms with E-state index in [2.05, 4.69) is 5.32 Å². The quantitative estimate of drug-likeness (QED) is 0.170. The van der Waals surface area contributed by atoms with Gasteiger partial charge >= 0.3 is 0 Å². The number of rotatable bonds is 15. The van der Waals surface area contributed by atoms with Gasteiger partial charge in [-0.15, -0.1) is 0 Å². The molecule has 0 heterocycles. The van der Waals surface area contributed by atoms with E-state index in [0.717, 1.165) is 33.0 Å². The van der Waals surface area contributed by atoms with Gasteiger partial charge in [-0.3, -0.25) is 13.9 Å². The van der Waals surface area contributed by atoms with Crippen LogP contribution < -0.4 is 14.4 Å². The fourth-order valence-corrected chi connectivity index (χ4v) is 6.55. The van der Waals surface area contributed by atoms with Crippen molar-refractivity contribution in [2.45, 2.75) is 58.0 Å². The van der Waals surface area contributed by atoms with Gasteiger partial charge in [0.15, 0.2) is 0 Å². The van der Waals surface area contributed by atoms with Crippen molar-refractivity contribution in [1.29, 1.82) is 0 Å². The van der Waals surface area contributed by atoms with Crippen LogP contribution in [0.25, 0.3) is 0 Å². The molecular formula is C37H43N3O5S. The Morgan fingerprint density at radius 1 is 0.826 bits per heavy atom. The SMILES string of the molecule is CCCNC(=O)[C@@H](Cc1ccccc1)N(Cc1ccccc1C)C(=O)CN(c1ccc(OCC)cc1)S(=O)(=O)c1ccc(C)cc1. The number of hydrogen-bond donors (Lipinski definition) is 1. The Hall–Kier alpha value is -4.63. The summed E-state index contributed by atoms with van der Waals surface area (Å²) < 4.78 is 35.1. The number of nitrogens with zero attached hydrogens (tertiary/aromatic N) is 2. The Labute approximate surface area is 273 Å². The molecule has 2 amide bonds. The van der Waals surface area contributed by atoms with E-state index in [-0.39, 0.29) is 23.8 Å². The topological polar surface area (TPSA) is 96.0 Å². The molecule has 1 atom stereocenters. The Kier molecular flexibility index (Phi) is 12.0. The Bertz CT molecular complexity index is 1690. The summed E-state index contributed by atoms with van der Waals surface area (Å²) in [7, 11) is -4.18. The summed E-state index contributed by atoms with van der Waals surface area (Å²) in [6.07, 6.45) is 0.998. The van der Waals surface area contributed by atoms with Crippen LogP contribution in [0, 0.1) is 13.8 Å². The first-order valence-corrected chi connectivity index (χ1v) is 17.1. The van der Waals surface area contributed by atoms with Crippen molar-refractivity contribution in [2.24, 2.45) is 0 Å². The third kappa shape index (κ3) is 8.75. The molecule has 0 radical (unpaired) electrons. The van der Waals surface area contributed by atoms with Crippen LogP contribution in [-0.4, -0.2) is 50.9 Å². The number of nitrogens with one attached hydrogen (secondary N) is 1. The molecule has 0 aliphatic carbocycles. The van der Waals surface area contributed by atoms with Gasteiger partial charge in [0, 0.05) is 19.5 Å². The highest BCUT2D eigenvalue weighted by atomic mass is 32.2. The van der Waals surface area contributed by atoms with E-state index in [4.69, 9.17) is 4.74 Å². The summed E-state index contributed by atoms with van der Waals surface area (Å²) >= 11 is 0. The third-order valence-electron chi connectivity index (χ3n) is 7.75. The van der Waals surface area contributed by atoms with Gasteiger partial charge < -0.3 is 15.0 Å². The molecule has 46 heavy (non-hydrogen) atoms. The van der Waals surface area contributed by atoms with Gasteiger partial charge in [0.05, 0.1) is 17.2 Å². The Balaban J connectivity index is 1.80. The van der Waals surface area contributed by atoms with Crippen molar-refractivity contribution in [2.75, 3.05) is 24.0 Å². The van der Waals surface area contributed by atoms with Crippen LogP contribution in [0.2, 0.25) is 0 Å².